The standard InChI is InChI=1S/C14H11BrClN3/c15-12-5-9(1-4-13(12)16)7-17-11-3-2-10-8-18-19-14(10)6-11/h1-6,8,17H,7H2,(H,18,19). The van der Waals surface area contributed by atoms with E-state index in [0.29, 0.717) is 0 Å². The lowest BCUT2D eigenvalue weighted by Crippen LogP contribution is -1.99. The number of aromatic amines is 1. The molecule has 3 rings (SSSR count). The van der Waals surface area contributed by atoms with Crippen molar-refractivity contribution in [3.05, 3.63) is 57.7 Å². The van der Waals surface area contributed by atoms with Crippen molar-refractivity contribution >= 4 is 44.1 Å². The number of benzene rings is 2. The van der Waals surface area contributed by atoms with Crippen LogP contribution in [0.4, 0.5) is 5.69 Å². The molecule has 19 heavy (non-hydrogen) atoms. The molecule has 0 aliphatic carbocycles. The summed E-state index contributed by atoms with van der Waals surface area (Å²) in [5.41, 5.74) is 3.26. The van der Waals surface area contributed by atoms with Crippen molar-refractivity contribution in [2.24, 2.45) is 0 Å². The zero-order chi connectivity index (χ0) is 13.2. The van der Waals surface area contributed by atoms with Crippen molar-refractivity contribution in [2.75, 3.05) is 5.32 Å². The third-order valence-electron chi connectivity index (χ3n) is 2.92. The summed E-state index contributed by atoms with van der Waals surface area (Å²) in [4.78, 5) is 0. The van der Waals surface area contributed by atoms with Crippen LogP contribution in [0.1, 0.15) is 5.56 Å². The molecule has 5 heteroatoms. The van der Waals surface area contributed by atoms with E-state index in [9.17, 15) is 0 Å². The maximum atomic E-state index is 5.97. The highest BCUT2D eigenvalue weighted by Crippen LogP contribution is 2.24. The second-order valence-corrected chi connectivity index (χ2v) is 5.54. The van der Waals surface area contributed by atoms with Gasteiger partial charge in [-0.1, -0.05) is 17.7 Å². The van der Waals surface area contributed by atoms with Crippen LogP contribution in [-0.2, 0) is 6.54 Å². The molecule has 0 bridgehead atoms. The second-order valence-electron chi connectivity index (χ2n) is 4.27. The molecule has 0 atom stereocenters. The van der Waals surface area contributed by atoms with Gasteiger partial charge in [0.15, 0.2) is 0 Å². The summed E-state index contributed by atoms with van der Waals surface area (Å²) >= 11 is 9.40. The molecular formula is C14H11BrClN3. The number of nitrogens with zero attached hydrogens (tertiary/aromatic N) is 1. The molecule has 0 saturated heterocycles. The third-order valence-corrected chi connectivity index (χ3v) is 4.14. The first-order valence-electron chi connectivity index (χ1n) is 5.83. The number of nitrogens with one attached hydrogen (secondary N) is 2. The van der Waals surface area contributed by atoms with Gasteiger partial charge in [-0.15, -0.1) is 0 Å². The Bertz CT molecular complexity index is 724. The van der Waals surface area contributed by atoms with E-state index in [4.69, 9.17) is 11.6 Å². The molecule has 0 fully saturated rings. The normalized spacial score (nSPS) is 10.8. The van der Waals surface area contributed by atoms with Gasteiger partial charge in [0.25, 0.3) is 0 Å². The molecule has 0 amide bonds. The fraction of sp³-hybridized carbons (Fsp3) is 0.0714. The highest BCUT2D eigenvalue weighted by atomic mass is 79.9. The number of halogens is 2. The number of anilines is 1. The first kappa shape index (κ1) is 12.5. The summed E-state index contributed by atoms with van der Waals surface area (Å²) in [6.45, 7) is 0.745. The van der Waals surface area contributed by atoms with E-state index in [1.807, 2.05) is 42.6 Å². The summed E-state index contributed by atoms with van der Waals surface area (Å²) in [6.07, 6.45) is 1.81. The molecule has 3 nitrogen and oxygen atoms in total. The van der Waals surface area contributed by atoms with Crippen molar-refractivity contribution < 1.29 is 0 Å². The van der Waals surface area contributed by atoms with Gasteiger partial charge in [0.2, 0.25) is 0 Å². The third kappa shape index (κ3) is 2.74. The molecular weight excluding hydrogens is 326 g/mol. The summed E-state index contributed by atoms with van der Waals surface area (Å²) in [7, 11) is 0. The Kier molecular flexibility index (Phi) is 3.44. The van der Waals surface area contributed by atoms with Crippen LogP contribution in [-0.4, -0.2) is 10.2 Å². The highest BCUT2D eigenvalue weighted by molar-refractivity contribution is 9.10. The predicted molar refractivity (Wildman–Crippen MR) is 82.6 cm³/mol. The van der Waals surface area contributed by atoms with Gasteiger partial charge in [-0.05, 0) is 51.8 Å². The molecule has 1 heterocycles. The SMILES string of the molecule is Clc1ccc(CNc2ccc3cn[nH]c3c2)cc1Br. The number of rotatable bonds is 3. The average Bonchev–Trinajstić information content (AvgIpc) is 2.87. The lowest BCUT2D eigenvalue weighted by molar-refractivity contribution is 1.12. The van der Waals surface area contributed by atoms with Crippen molar-refractivity contribution in [2.45, 2.75) is 6.54 Å². The summed E-state index contributed by atoms with van der Waals surface area (Å²) in [6, 6.07) is 12.1. The monoisotopic (exact) mass is 335 g/mol. The van der Waals surface area contributed by atoms with Crippen LogP contribution in [0, 0.1) is 0 Å². The van der Waals surface area contributed by atoms with Crippen molar-refractivity contribution in [3.8, 4) is 0 Å². The average molecular weight is 337 g/mol. The van der Waals surface area contributed by atoms with Gasteiger partial charge in [0.1, 0.15) is 0 Å². The van der Waals surface area contributed by atoms with Gasteiger partial charge in [-0.25, -0.2) is 0 Å². The molecule has 0 aliphatic heterocycles. The Morgan fingerprint density at radius 1 is 1.21 bits per heavy atom. The maximum absolute atomic E-state index is 5.97. The number of hydrogen-bond acceptors (Lipinski definition) is 2. The van der Waals surface area contributed by atoms with Gasteiger partial charge < -0.3 is 5.32 Å². The Balaban J connectivity index is 1.75. The largest absolute Gasteiger partial charge is 0.381 e. The molecule has 1 aromatic heterocycles. The molecule has 0 radical (unpaired) electrons. The molecule has 0 spiro atoms. The lowest BCUT2D eigenvalue weighted by atomic mass is 10.2. The molecule has 2 aromatic carbocycles. The fourth-order valence-corrected chi connectivity index (χ4v) is 2.44. The van der Waals surface area contributed by atoms with Crippen molar-refractivity contribution in [1.29, 1.82) is 0 Å². The Morgan fingerprint density at radius 3 is 2.95 bits per heavy atom. The van der Waals surface area contributed by atoms with Gasteiger partial charge in [-0.3, -0.25) is 5.10 Å². The molecule has 96 valence electrons. The molecule has 2 N–H and O–H groups in total. The van der Waals surface area contributed by atoms with E-state index in [-0.39, 0.29) is 0 Å². The first-order chi connectivity index (χ1) is 9.22. The Morgan fingerprint density at radius 2 is 2.11 bits per heavy atom. The smallest absolute Gasteiger partial charge is 0.0670 e. The van der Waals surface area contributed by atoms with Crippen LogP contribution >= 0.6 is 27.5 Å². The van der Waals surface area contributed by atoms with Crippen molar-refractivity contribution in [1.82, 2.24) is 10.2 Å². The summed E-state index contributed by atoms with van der Waals surface area (Å²) < 4.78 is 0.914. The molecule has 0 unspecified atom stereocenters. The van der Waals surface area contributed by atoms with E-state index in [0.717, 1.165) is 32.6 Å². The lowest BCUT2D eigenvalue weighted by Gasteiger charge is -2.07. The summed E-state index contributed by atoms with van der Waals surface area (Å²) in [5, 5.41) is 12.2. The summed E-state index contributed by atoms with van der Waals surface area (Å²) in [5.74, 6) is 0. The minimum atomic E-state index is 0.725. The maximum Gasteiger partial charge on any atom is 0.0670 e. The number of hydrogen-bond donors (Lipinski definition) is 2. The minimum absolute atomic E-state index is 0.725. The van der Waals surface area contributed by atoms with Gasteiger partial charge >= 0.3 is 0 Å². The van der Waals surface area contributed by atoms with E-state index < -0.39 is 0 Å². The number of fused-ring (bicyclic) bond motifs is 1. The Labute approximate surface area is 124 Å². The molecule has 3 aromatic rings. The second kappa shape index (κ2) is 5.23. The van der Waals surface area contributed by atoms with E-state index in [1.54, 1.807) is 0 Å². The van der Waals surface area contributed by atoms with Crippen LogP contribution in [0.25, 0.3) is 10.9 Å². The zero-order valence-electron chi connectivity index (χ0n) is 9.95. The highest BCUT2D eigenvalue weighted by Gasteiger charge is 2.01. The van der Waals surface area contributed by atoms with Crippen molar-refractivity contribution in [3.63, 3.8) is 0 Å². The quantitative estimate of drug-likeness (QED) is 0.734. The van der Waals surface area contributed by atoms with Crippen LogP contribution < -0.4 is 5.32 Å². The van der Waals surface area contributed by atoms with Crippen LogP contribution in [0.2, 0.25) is 5.02 Å². The topological polar surface area (TPSA) is 40.7 Å². The van der Waals surface area contributed by atoms with E-state index in [1.165, 1.54) is 5.56 Å². The fourth-order valence-electron chi connectivity index (χ4n) is 1.90. The predicted octanol–water partition coefficient (Wildman–Crippen LogP) is 4.59. The van der Waals surface area contributed by atoms with Crippen LogP contribution in [0.3, 0.4) is 0 Å². The van der Waals surface area contributed by atoms with E-state index in [2.05, 4.69) is 31.4 Å². The van der Waals surface area contributed by atoms with Gasteiger partial charge in [-0.2, -0.15) is 5.10 Å². The zero-order valence-corrected chi connectivity index (χ0v) is 12.3. The Hall–Kier alpha value is -1.52. The minimum Gasteiger partial charge on any atom is -0.381 e. The van der Waals surface area contributed by atoms with E-state index >= 15 is 0 Å². The van der Waals surface area contributed by atoms with Gasteiger partial charge in [0, 0.05) is 22.1 Å². The van der Waals surface area contributed by atoms with Gasteiger partial charge in [0.05, 0.1) is 16.7 Å². The molecule has 0 saturated carbocycles. The van der Waals surface area contributed by atoms with Crippen LogP contribution in [0.5, 0.6) is 0 Å². The molecule has 0 aliphatic rings. The first-order valence-corrected chi connectivity index (χ1v) is 7.00. The number of H-pyrrole nitrogens is 1. The van der Waals surface area contributed by atoms with Crippen LogP contribution in [0.15, 0.2) is 47.1 Å². The number of aromatic nitrogens is 2.